The normalized spacial score (nSPS) is 15.1. The number of nitrogens with zero attached hydrogens (tertiary/aromatic N) is 2. The number of amides is 1. The Kier molecular flexibility index (Phi) is 5.63. The van der Waals surface area contributed by atoms with Gasteiger partial charge in [0.2, 0.25) is 0 Å². The molecule has 7 heteroatoms. The summed E-state index contributed by atoms with van der Waals surface area (Å²) in [4.78, 5) is 32.2. The summed E-state index contributed by atoms with van der Waals surface area (Å²) in [6.07, 6.45) is 4.37. The third kappa shape index (κ3) is 4.02. The molecule has 3 heterocycles. The second kappa shape index (κ2) is 7.90. The summed E-state index contributed by atoms with van der Waals surface area (Å²) in [7, 11) is 0. The van der Waals surface area contributed by atoms with Crippen molar-refractivity contribution in [3.8, 4) is 9.88 Å². The lowest BCUT2D eigenvalue weighted by molar-refractivity contribution is -0.134. The maximum absolute atomic E-state index is 12.3. The number of carbonyl (C=O) groups is 2. The zero-order valence-corrected chi connectivity index (χ0v) is 15.3. The van der Waals surface area contributed by atoms with Crippen LogP contribution in [0.25, 0.3) is 9.88 Å². The minimum Gasteiger partial charge on any atom is -0.451 e. The van der Waals surface area contributed by atoms with Crippen LogP contribution < -0.4 is 0 Å². The summed E-state index contributed by atoms with van der Waals surface area (Å²) in [5.41, 5.74) is 0.649. The van der Waals surface area contributed by atoms with Crippen LogP contribution >= 0.6 is 22.7 Å². The number of aryl methyl sites for hydroxylation is 1. The smallest absolute Gasteiger partial charge is 0.350 e. The van der Waals surface area contributed by atoms with E-state index in [4.69, 9.17) is 4.74 Å². The summed E-state index contributed by atoms with van der Waals surface area (Å²) in [6.45, 7) is 3.13. The molecule has 128 valence electrons. The predicted octanol–water partition coefficient (Wildman–Crippen LogP) is 3.74. The lowest BCUT2D eigenvalue weighted by Crippen LogP contribution is -2.35. The van der Waals surface area contributed by atoms with Crippen molar-refractivity contribution in [1.29, 1.82) is 0 Å². The van der Waals surface area contributed by atoms with E-state index >= 15 is 0 Å². The highest BCUT2D eigenvalue weighted by atomic mass is 32.1. The van der Waals surface area contributed by atoms with Crippen LogP contribution in [0.4, 0.5) is 0 Å². The van der Waals surface area contributed by atoms with Gasteiger partial charge in [-0.1, -0.05) is 18.9 Å². The maximum Gasteiger partial charge on any atom is 0.350 e. The number of hydrogen-bond donors (Lipinski definition) is 0. The van der Waals surface area contributed by atoms with E-state index in [0.717, 1.165) is 48.7 Å². The first-order valence-electron chi connectivity index (χ1n) is 8.11. The number of hydrogen-bond acceptors (Lipinski definition) is 6. The second-order valence-corrected chi connectivity index (χ2v) is 7.73. The summed E-state index contributed by atoms with van der Waals surface area (Å²) < 4.78 is 5.24. The van der Waals surface area contributed by atoms with E-state index in [1.165, 1.54) is 11.3 Å². The number of ether oxygens (including phenoxy) is 1. The number of rotatable bonds is 4. The summed E-state index contributed by atoms with van der Waals surface area (Å²) in [5, 5.41) is 2.79. The van der Waals surface area contributed by atoms with Gasteiger partial charge in [-0.2, -0.15) is 0 Å². The van der Waals surface area contributed by atoms with Gasteiger partial charge < -0.3 is 9.64 Å². The zero-order valence-electron chi connectivity index (χ0n) is 13.6. The SMILES string of the molecule is Cc1nc(-c2cccs2)sc1C(=O)OCC(=O)N1CCCCCC1. The molecule has 0 saturated carbocycles. The third-order valence-electron chi connectivity index (χ3n) is 4.00. The number of thiophene rings is 1. The van der Waals surface area contributed by atoms with Gasteiger partial charge >= 0.3 is 5.97 Å². The molecule has 0 unspecified atom stereocenters. The van der Waals surface area contributed by atoms with Crippen LogP contribution in [0.3, 0.4) is 0 Å². The molecule has 1 aliphatic rings. The molecule has 24 heavy (non-hydrogen) atoms. The van der Waals surface area contributed by atoms with E-state index < -0.39 is 5.97 Å². The van der Waals surface area contributed by atoms with Crippen molar-refractivity contribution in [1.82, 2.24) is 9.88 Å². The average Bonchev–Trinajstić information content (AvgIpc) is 3.15. The molecule has 2 aromatic rings. The minimum atomic E-state index is -0.462. The Balaban J connectivity index is 1.60. The molecule has 0 N–H and O–H groups in total. The van der Waals surface area contributed by atoms with Gasteiger partial charge in [-0.15, -0.1) is 22.7 Å². The van der Waals surface area contributed by atoms with Crippen LogP contribution in [0.5, 0.6) is 0 Å². The Labute approximate surface area is 149 Å². The molecule has 0 aromatic carbocycles. The number of likely N-dealkylation sites (tertiary alicyclic amines) is 1. The highest BCUT2D eigenvalue weighted by Gasteiger charge is 2.21. The second-order valence-electron chi connectivity index (χ2n) is 5.78. The standard InChI is InChI=1S/C17H20N2O3S2/c1-12-15(24-16(18-12)13-7-6-10-23-13)17(21)22-11-14(20)19-8-4-2-3-5-9-19/h6-7,10H,2-5,8-9,11H2,1H3. The molecule has 1 saturated heterocycles. The van der Waals surface area contributed by atoms with Crippen LogP contribution in [0.1, 0.15) is 41.0 Å². The van der Waals surface area contributed by atoms with Crippen LogP contribution in [0.15, 0.2) is 17.5 Å². The van der Waals surface area contributed by atoms with Gasteiger partial charge in [-0.05, 0) is 31.2 Å². The highest BCUT2D eigenvalue weighted by Crippen LogP contribution is 2.31. The molecule has 5 nitrogen and oxygen atoms in total. The van der Waals surface area contributed by atoms with E-state index in [9.17, 15) is 9.59 Å². The monoisotopic (exact) mass is 364 g/mol. The van der Waals surface area contributed by atoms with Crippen molar-refractivity contribution < 1.29 is 14.3 Å². The first kappa shape index (κ1) is 17.1. The van der Waals surface area contributed by atoms with E-state index in [1.807, 2.05) is 17.5 Å². The Morgan fingerprint density at radius 1 is 1.25 bits per heavy atom. The number of thiazole rings is 1. The van der Waals surface area contributed by atoms with Crippen molar-refractivity contribution in [2.45, 2.75) is 32.6 Å². The van der Waals surface area contributed by atoms with Gasteiger partial charge in [0.25, 0.3) is 5.91 Å². The largest absolute Gasteiger partial charge is 0.451 e. The van der Waals surface area contributed by atoms with Crippen molar-refractivity contribution in [3.63, 3.8) is 0 Å². The number of esters is 1. The number of carbonyl (C=O) groups excluding carboxylic acids is 2. The van der Waals surface area contributed by atoms with Crippen molar-refractivity contribution in [2.75, 3.05) is 19.7 Å². The average molecular weight is 364 g/mol. The number of aromatic nitrogens is 1. The predicted molar refractivity (Wildman–Crippen MR) is 95.5 cm³/mol. The van der Waals surface area contributed by atoms with Crippen molar-refractivity contribution in [3.05, 3.63) is 28.1 Å². The molecule has 3 rings (SSSR count). The lowest BCUT2D eigenvalue weighted by Gasteiger charge is -2.19. The molecular formula is C17H20N2O3S2. The van der Waals surface area contributed by atoms with Crippen LogP contribution in [-0.2, 0) is 9.53 Å². The summed E-state index contributed by atoms with van der Waals surface area (Å²) in [5.74, 6) is -0.568. The zero-order chi connectivity index (χ0) is 16.9. The molecule has 0 aliphatic carbocycles. The molecule has 2 aromatic heterocycles. The fourth-order valence-corrected chi connectivity index (χ4v) is 4.45. The summed E-state index contributed by atoms with van der Waals surface area (Å²) in [6, 6.07) is 3.93. The van der Waals surface area contributed by atoms with Gasteiger partial charge in [-0.25, -0.2) is 9.78 Å². The quantitative estimate of drug-likeness (QED) is 0.776. The molecule has 0 radical (unpaired) electrons. The molecule has 1 aliphatic heterocycles. The molecule has 1 amide bonds. The highest BCUT2D eigenvalue weighted by molar-refractivity contribution is 7.22. The minimum absolute atomic E-state index is 0.106. The Hall–Kier alpha value is -1.73. The van der Waals surface area contributed by atoms with Gasteiger partial charge in [0.1, 0.15) is 9.88 Å². The molecule has 0 atom stereocenters. The Bertz CT molecular complexity index is 701. The van der Waals surface area contributed by atoms with Crippen LogP contribution in [0.2, 0.25) is 0 Å². The topological polar surface area (TPSA) is 59.5 Å². The van der Waals surface area contributed by atoms with Gasteiger partial charge in [0.05, 0.1) is 10.6 Å². The van der Waals surface area contributed by atoms with Gasteiger partial charge in [0, 0.05) is 13.1 Å². The van der Waals surface area contributed by atoms with Gasteiger partial charge in [-0.3, -0.25) is 4.79 Å². The summed E-state index contributed by atoms with van der Waals surface area (Å²) >= 11 is 2.90. The van der Waals surface area contributed by atoms with E-state index in [1.54, 1.807) is 23.2 Å². The Morgan fingerprint density at radius 2 is 2.00 bits per heavy atom. The molecular weight excluding hydrogens is 344 g/mol. The van der Waals surface area contributed by atoms with Crippen LogP contribution in [-0.4, -0.2) is 41.5 Å². The maximum atomic E-state index is 12.3. The third-order valence-corrected chi connectivity index (χ3v) is 6.18. The lowest BCUT2D eigenvalue weighted by atomic mass is 10.2. The van der Waals surface area contributed by atoms with Crippen LogP contribution in [0, 0.1) is 6.92 Å². The molecule has 0 bridgehead atoms. The van der Waals surface area contributed by atoms with E-state index in [0.29, 0.717) is 10.6 Å². The fraction of sp³-hybridized carbons (Fsp3) is 0.471. The fourth-order valence-electron chi connectivity index (χ4n) is 2.70. The molecule has 1 fully saturated rings. The van der Waals surface area contributed by atoms with E-state index in [2.05, 4.69) is 4.98 Å². The Morgan fingerprint density at radius 3 is 2.67 bits per heavy atom. The van der Waals surface area contributed by atoms with Gasteiger partial charge in [0.15, 0.2) is 6.61 Å². The first-order chi connectivity index (χ1) is 11.6. The van der Waals surface area contributed by atoms with E-state index in [-0.39, 0.29) is 12.5 Å². The van der Waals surface area contributed by atoms with Crippen molar-refractivity contribution in [2.24, 2.45) is 0 Å². The van der Waals surface area contributed by atoms with Crippen molar-refractivity contribution >= 4 is 34.6 Å². The molecule has 0 spiro atoms. The first-order valence-corrected chi connectivity index (χ1v) is 9.81.